The second-order valence-corrected chi connectivity index (χ2v) is 6.33. The largest absolute Gasteiger partial charge is 0.305 e. The van der Waals surface area contributed by atoms with Crippen LogP contribution < -0.4 is 5.32 Å². The molecule has 106 valence electrons. The molecule has 1 heterocycles. The zero-order chi connectivity index (χ0) is 14.9. The van der Waals surface area contributed by atoms with Crippen LogP contribution in [0.2, 0.25) is 0 Å². The lowest BCUT2D eigenvalue weighted by Crippen LogP contribution is -2.14. The molecule has 0 radical (unpaired) electrons. The van der Waals surface area contributed by atoms with Gasteiger partial charge in [0.15, 0.2) is 5.82 Å². The van der Waals surface area contributed by atoms with Crippen LogP contribution in [0, 0.1) is 5.82 Å². The predicted molar refractivity (Wildman–Crippen MR) is 79.3 cm³/mol. The molecule has 0 bridgehead atoms. The number of amides is 1. The van der Waals surface area contributed by atoms with Crippen LogP contribution >= 0.6 is 15.9 Å². The second-order valence-electron chi connectivity index (χ2n) is 5.47. The molecule has 0 saturated heterocycles. The average molecular weight is 340 g/mol. The molecule has 0 spiro atoms. The predicted octanol–water partition coefficient (Wildman–Crippen LogP) is 3.86. The third-order valence-electron chi connectivity index (χ3n) is 2.82. The van der Waals surface area contributed by atoms with Crippen molar-refractivity contribution in [3.05, 3.63) is 45.8 Å². The monoisotopic (exact) mass is 339 g/mol. The number of nitrogens with zero attached hydrogens (tertiary/aromatic N) is 1. The fraction of sp³-hybridized carbons (Fsp3) is 0.286. The highest BCUT2D eigenvalue weighted by Crippen LogP contribution is 2.23. The topological polar surface area (TPSA) is 57.8 Å². The van der Waals surface area contributed by atoms with Crippen molar-refractivity contribution in [3.63, 3.8) is 0 Å². The minimum absolute atomic E-state index is 0.0281. The number of carbonyl (C=O) groups excluding carboxylic acids is 1. The summed E-state index contributed by atoms with van der Waals surface area (Å²) in [6, 6.07) is 6.31. The fourth-order valence-electron chi connectivity index (χ4n) is 1.63. The van der Waals surface area contributed by atoms with Crippen molar-refractivity contribution in [1.82, 2.24) is 10.2 Å². The Kier molecular flexibility index (Phi) is 3.94. The maximum atomic E-state index is 13.8. The molecule has 2 rings (SSSR count). The van der Waals surface area contributed by atoms with Crippen molar-refractivity contribution in [2.75, 3.05) is 5.32 Å². The molecular formula is C14H15BrFN3O. The van der Waals surface area contributed by atoms with Crippen molar-refractivity contribution >= 4 is 27.7 Å². The van der Waals surface area contributed by atoms with Gasteiger partial charge < -0.3 is 5.32 Å². The summed E-state index contributed by atoms with van der Waals surface area (Å²) in [5.41, 5.74) is 0.763. The number of nitrogens with one attached hydrogen (secondary N) is 2. The fourth-order valence-corrected chi connectivity index (χ4v) is 2.00. The van der Waals surface area contributed by atoms with E-state index in [1.165, 1.54) is 6.07 Å². The van der Waals surface area contributed by atoms with Gasteiger partial charge in [0.2, 0.25) is 0 Å². The highest BCUT2D eigenvalue weighted by molar-refractivity contribution is 9.10. The van der Waals surface area contributed by atoms with E-state index >= 15 is 0 Å². The Balaban J connectivity index is 2.20. The van der Waals surface area contributed by atoms with Crippen LogP contribution in [0.5, 0.6) is 0 Å². The van der Waals surface area contributed by atoms with E-state index in [4.69, 9.17) is 0 Å². The zero-order valence-electron chi connectivity index (χ0n) is 11.4. The Hall–Kier alpha value is -1.69. The highest BCUT2D eigenvalue weighted by Gasteiger charge is 2.19. The van der Waals surface area contributed by atoms with E-state index in [0.717, 1.165) is 5.69 Å². The molecule has 0 atom stereocenters. The molecule has 0 aliphatic heterocycles. The molecule has 1 aromatic heterocycles. The number of carbonyl (C=O) groups is 1. The van der Waals surface area contributed by atoms with Gasteiger partial charge in [-0.1, -0.05) is 26.8 Å². The number of benzene rings is 1. The number of rotatable bonds is 2. The summed E-state index contributed by atoms with van der Waals surface area (Å²) in [7, 11) is 0. The Bertz CT molecular complexity index is 646. The Morgan fingerprint density at radius 3 is 2.70 bits per heavy atom. The average Bonchev–Trinajstić information content (AvgIpc) is 2.81. The maximum Gasteiger partial charge on any atom is 0.259 e. The van der Waals surface area contributed by atoms with Crippen LogP contribution in [0.4, 0.5) is 10.2 Å². The molecule has 0 unspecified atom stereocenters. The van der Waals surface area contributed by atoms with Crippen molar-refractivity contribution in [1.29, 1.82) is 0 Å². The highest BCUT2D eigenvalue weighted by atomic mass is 79.9. The molecule has 2 aromatic rings. The Morgan fingerprint density at radius 1 is 1.40 bits per heavy atom. The van der Waals surface area contributed by atoms with E-state index in [-0.39, 0.29) is 15.5 Å². The van der Waals surface area contributed by atoms with Crippen molar-refractivity contribution in [2.24, 2.45) is 0 Å². The molecule has 1 aromatic carbocycles. The number of anilines is 1. The van der Waals surface area contributed by atoms with Crippen LogP contribution in [0.1, 0.15) is 36.8 Å². The third kappa shape index (κ3) is 3.07. The van der Waals surface area contributed by atoms with Crippen LogP contribution in [0.3, 0.4) is 0 Å². The Labute approximate surface area is 124 Å². The van der Waals surface area contributed by atoms with E-state index in [1.807, 2.05) is 20.8 Å². The number of hydrogen-bond acceptors (Lipinski definition) is 2. The first kappa shape index (κ1) is 14.7. The molecule has 4 nitrogen and oxygen atoms in total. The third-order valence-corrected chi connectivity index (χ3v) is 3.44. The number of H-pyrrole nitrogens is 1. The summed E-state index contributed by atoms with van der Waals surface area (Å²) in [4.78, 5) is 12.0. The van der Waals surface area contributed by atoms with Crippen molar-refractivity contribution in [2.45, 2.75) is 26.2 Å². The molecule has 0 saturated carbocycles. The van der Waals surface area contributed by atoms with Gasteiger partial charge in [-0.15, -0.1) is 0 Å². The summed E-state index contributed by atoms with van der Waals surface area (Å²) >= 11 is 3.05. The molecule has 0 aliphatic carbocycles. The van der Waals surface area contributed by atoms with Gasteiger partial charge in [0.25, 0.3) is 5.91 Å². The lowest BCUT2D eigenvalue weighted by Gasteiger charge is -2.14. The minimum atomic E-state index is -0.586. The quantitative estimate of drug-likeness (QED) is 0.872. The summed E-state index contributed by atoms with van der Waals surface area (Å²) in [6.45, 7) is 6.08. The first-order valence-electron chi connectivity index (χ1n) is 6.10. The summed E-state index contributed by atoms with van der Waals surface area (Å²) in [6.07, 6.45) is 0. The zero-order valence-corrected chi connectivity index (χ0v) is 13.0. The van der Waals surface area contributed by atoms with Crippen LogP contribution in [0.15, 0.2) is 28.7 Å². The molecule has 0 fully saturated rings. The minimum Gasteiger partial charge on any atom is -0.305 e. The van der Waals surface area contributed by atoms with Gasteiger partial charge in [-0.3, -0.25) is 9.89 Å². The Morgan fingerprint density at radius 2 is 2.10 bits per heavy atom. The number of halogens is 2. The molecule has 0 aliphatic rings. The smallest absolute Gasteiger partial charge is 0.259 e. The lowest BCUT2D eigenvalue weighted by atomic mass is 9.92. The van der Waals surface area contributed by atoms with Gasteiger partial charge in [-0.2, -0.15) is 5.10 Å². The summed E-state index contributed by atoms with van der Waals surface area (Å²) in [5, 5.41) is 9.45. The maximum absolute atomic E-state index is 13.8. The van der Waals surface area contributed by atoms with E-state index in [2.05, 4.69) is 31.4 Å². The van der Waals surface area contributed by atoms with Gasteiger partial charge in [0.1, 0.15) is 5.82 Å². The first-order valence-corrected chi connectivity index (χ1v) is 6.89. The molecule has 2 N–H and O–H groups in total. The molecule has 6 heteroatoms. The van der Waals surface area contributed by atoms with Gasteiger partial charge in [-0.25, -0.2) is 4.39 Å². The van der Waals surface area contributed by atoms with Crippen LogP contribution in [-0.4, -0.2) is 16.1 Å². The lowest BCUT2D eigenvalue weighted by molar-refractivity contribution is 0.102. The number of aromatic amines is 1. The normalized spacial score (nSPS) is 11.4. The van der Waals surface area contributed by atoms with E-state index in [1.54, 1.807) is 18.2 Å². The van der Waals surface area contributed by atoms with Crippen LogP contribution in [0.25, 0.3) is 0 Å². The molecular weight excluding hydrogens is 325 g/mol. The molecule has 1 amide bonds. The number of aromatic nitrogens is 2. The van der Waals surface area contributed by atoms with E-state index in [9.17, 15) is 9.18 Å². The van der Waals surface area contributed by atoms with Crippen molar-refractivity contribution < 1.29 is 9.18 Å². The van der Waals surface area contributed by atoms with Gasteiger partial charge >= 0.3 is 0 Å². The van der Waals surface area contributed by atoms with E-state index in [0.29, 0.717) is 5.82 Å². The van der Waals surface area contributed by atoms with Crippen LogP contribution in [-0.2, 0) is 5.41 Å². The SMILES string of the molecule is CC(C)(C)c1cc(NC(=O)c2cccc(Br)c2F)n[nH]1. The summed E-state index contributed by atoms with van der Waals surface area (Å²) < 4.78 is 14.1. The first-order chi connectivity index (χ1) is 9.29. The van der Waals surface area contributed by atoms with Crippen molar-refractivity contribution in [3.8, 4) is 0 Å². The van der Waals surface area contributed by atoms with Gasteiger partial charge in [-0.05, 0) is 28.1 Å². The van der Waals surface area contributed by atoms with Gasteiger partial charge in [0.05, 0.1) is 10.0 Å². The second kappa shape index (κ2) is 5.36. The summed E-state index contributed by atoms with van der Waals surface area (Å²) in [5.74, 6) is -0.744. The van der Waals surface area contributed by atoms with Gasteiger partial charge in [0, 0.05) is 17.2 Å². The van der Waals surface area contributed by atoms with E-state index < -0.39 is 11.7 Å². The standard InChI is InChI=1S/C14H15BrFN3O/c1-14(2,3)10-7-11(19-18-10)17-13(20)8-5-4-6-9(15)12(8)16/h4-7H,1-3H3,(H2,17,18,19,20). The number of hydrogen-bond donors (Lipinski definition) is 2. The molecule has 20 heavy (non-hydrogen) atoms.